The van der Waals surface area contributed by atoms with Gasteiger partial charge in [0.25, 0.3) is 0 Å². The number of hydrogen-bond donors (Lipinski definition) is 1. The highest BCUT2D eigenvalue weighted by molar-refractivity contribution is 5.17. The van der Waals surface area contributed by atoms with Crippen LogP contribution in [0.2, 0.25) is 0 Å². The zero-order valence-corrected chi connectivity index (χ0v) is 11.6. The molecular formula is C16H25NO. The van der Waals surface area contributed by atoms with Gasteiger partial charge in [-0.05, 0) is 30.7 Å². The van der Waals surface area contributed by atoms with Crippen LogP contribution in [0.15, 0.2) is 30.3 Å². The van der Waals surface area contributed by atoms with Gasteiger partial charge in [0, 0.05) is 13.2 Å². The highest BCUT2D eigenvalue weighted by Crippen LogP contribution is 2.37. The minimum absolute atomic E-state index is 0.0904. The molecule has 2 rings (SSSR count). The lowest BCUT2D eigenvalue weighted by Gasteiger charge is -2.43. The zero-order chi connectivity index (χ0) is 13.0. The minimum Gasteiger partial charge on any atom is -0.377 e. The number of ether oxygens (including phenoxy) is 1. The summed E-state index contributed by atoms with van der Waals surface area (Å²) in [6.07, 6.45) is 5.64. The van der Waals surface area contributed by atoms with Gasteiger partial charge in [-0.2, -0.15) is 0 Å². The third-order valence-electron chi connectivity index (χ3n) is 4.37. The summed E-state index contributed by atoms with van der Waals surface area (Å²) in [5, 5.41) is 0. The molecule has 0 aromatic heterocycles. The van der Waals surface area contributed by atoms with Gasteiger partial charge in [0.2, 0.25) is 0 Å². The van der Waals surface area contributed by atoms with Crippen LogP contribution in [0.1, 0.15) is 38.2 Å². The van der Waals surface area contributed by atoms with Crippen LogP contribution < -0.4 is 5.73 Å². The van der Waals surface area contributed by atoms with Crippen molar-refractivity contribution in [2.75, 3.05) is 7.11 Å². The lowest BCUT2D eigenvalue weighted by atomic mass is 9.73. The normalized spacial score (nSPS) is 30.1. The van der Waals surface area contributed by atoms with Crippen LogP contribution in [0.4, 0.5) is 0 Å². The van der Waals surface area contributed by atoms with E-state index in [1.54, 1.807) is 0 Å². The van der Waals surface area contributed by atoms with E-state index in [-0.39, 0.29) is 11.6 Å². The summed E-state index contributed by atoms with van der Waals surface area (Å²) < 4.78 is 5.86. The van der Waals surface area contributed by atoms with Gasteiger partial charge in [0.05, 0.1) is 5.60 Å². The molecule has 0 aliphatic heterocycles. The van der Waals surface area contributed by atoms with E-state index in [2.05, 4.69) is 31.2 Å². The number of hydrogen-bond acceptors (Lipinski definition) is 2. The van der Waals surface area contributed by atoms with Gasteiger partial charge in [-0.25, -0.2) is 0 Å². The SMILES string of the molecule is COC1(C(N)Cc2ccccc2)CCCC(C)C1. The monoisotopic (exact) mass is 247 g/mol. The predicted octanol–water partition coefficient (Wildman–Crippen LogP) is 3.15. The minimum atomic E-state index is -0.118. The summed E-state index contributed by atoms with van der Waals surface area (Å²) in [4.78, 5) is 0. The van der Waals surface area contributed by atoms with Gasteiger partial charge >= 0.3 is 0 Å². The Balaban J connectivity index is 2.07. The molecule has 1 fully saturated rings. The van der Waals surface area contributed by atoms with E-state index in [1.165, 1.54) is 18.4 Å². The molecule has 1 aliphatic rings. The maximum Gasteiger partial charge on any atom is 0.0834 e. The Morgan fingerprint density at radius 1 is 1.39 bits per heavy atom. The first kappa shape index (κ1) is 13.6. The van der Waals surface area contributed by atoms with Crippen molar-refractivity contribution in [3.63, 3.8) is 0 Å². The molecule has 2 nitrogen and oxygen atoms in total. The molecule has 0 bridgehead atoms. The topological polar surface area (TPSA) is 35.2 Å². The van der Waals surface area contributed by atoms with Gasteiger partial charge in [0.1, 0.15) is 0 Å². The maximum atomic E-state index is 6.46. The second-order valence-corrected chi connectivity index (χ2v) is 5.77. The second-order valence-electron chi connectivity index (χ2n) is 5.77. The maximum absolute atomic E-state index is 6.46. The summed E-state index contributed by atoms with van der Waals surface area (Å²) in [6, 6.07) is 10.6. The fourth-order valence-corrected chi connectivity index (χ4v) is 3.27. The lowest BCUT2D eigenvalue weighted by Crippen LogP contribution is -2.53. The largest absolute Gasteiger partial charge is 0.377 e. The molecule has 0 radical (unpaired) electrons. The predicted molar refractivity (Wildman–Crippen MR) is 75.5 cm³/mol. The Bertz CT molecular complexity index is 365. The van der Waals surface area contributed by atoms with Crippen LogP contribution in [-0.2, 0) is 11.2 Å². The molecule has 100 valence electrons. The van der Waals surface area contributed by atoms with Crippen molar-refractivity contribution in [2.45, 2.75) is 50.7 Å². The smallest absolute Gasteiger partial charge is 0.0834 e. The van der Waals surface area contributed by atoms with Crippen LogP contribution in [0, 0.1) is 5.92 Å². The number of rotatable bonds is 4. The van der Waals surface area contributed by atoms with Crippen molar-refractivity contribution in [3.8, 4) is 0 Å². The molecule has 18 heavy (non-hydrogen) atoms. The Morgan fingerprint density at radius 3 is 2.72 bits per heavy atom. The molecule has 0 amide bonds. The Labute approximate surface area is 111 Å². The molecule has 0 saturated heterocycles. The summed E-state index contributed by atoms with van der Waals surface area (Å²) in [5.41, 5.74) is 7.65. The molecule has 1 aliphatic carbocycles. The van der Waals surface area contributed by atoms with Gasteiger partial charge in [-0.3, -0.25) is 0 Å². The molecule has 0 heterocycles. The van der Waals surface area contributed by atoms with Gasteiger partial charge in [-0.15, -0.1) is 0 Å². The first-order valence-corrected chi connectivity index (χ1v) is 7.01. The third-order valence-corrected chi connectivity index (χ3v) is 4.37. The van der Waals surface area contributed by atoms with Crippen molar-refractivity contribution < 1.29 is 4.74 Å². The first-order chi connectivity index (χ1) is 8.66. The van der Waals surface area contributed by atoms with Crippen LogP contribution in [0.5, 0.6) is 0 Å². The van der Waals surface area contributed by atoms with Gasteiger partial charge in [0.15, 0.2) is 0 Å². The molecular weight excluding hydrogens is 222 g/mol. The fourth-order valence-electron chi connectivity index (χ4n) is 3.27. The summed E-state index contributed by atoms with van der Waals surface area (Å²) in [5.74, 6) is 0.723. The summed E-state index contributed by atoms with van der Waals surface area (Å²) in [7, 11) is 1.82. The van der Waals surface area contributed by atoms with Crippen LogP contribution in [0.3, 0.4) is 0 Å². The molecule has 1 saturated carbocycles. The molecule has 3 unspecified atom stereocenters. The second kappa shape index (κ2) is 5.85. The van der Waals surface area contributed by atoms with Gasteiger partial charge in [-0.1, -0.05) is 50.1 Å². The molecule has 2 heteroatoms. The standard InChI is InChI=1S/C16H25NO/c1-13-7-6-10-16(12-13,18-2)15(17)11-14-8-4-3-5-9-14/h3-5,8-9,13,15H,6-7,10-12,17H2,1-2H3. The van der Waals surface area contributed by atoms with Crippen molar-refractivity contribution in [1.29, 1.82) is 0 Å². The molecule has 1 aromatic rings. The van der Waals surface area contributed by atoms with E-state index in [4.69, 9.17) is 10.5 Å². The van der Waals surface area contributed by atoms with Crippen molar-refractivity contribution in [3.05, 3.63) is 35.9 Å². The van der Waals surface area contributed by atoms with E-state index in [0.717, 1.165) is 25.2 Å². The van der Waals surface area contributed by atoms with Gasteiger partial charge < -0.3 is 10.5 Å². The van der Waals surface area contributed by atoms with E-state index in [9.17, 15) is 0 Å². The highest BCUT2D eigenvalue weighted by atomic mass is 16.5. The van der Waals surface area contributed by atoms with E-state index >= 15 is 0 Å². The number of benzene rings is 1. The summed E-state index contributed by atoms with van der Waals surface area (Å²) >= 11 is 0. The first-order valence-electron chi connectivity index (χ1n) is 7.01. The Kier molecular flexibility index (Phi) is 4.41. The van der Waals surface area contributed by atoms with Crippen LogP contribution in [-0.4, -0.2) is 18.8 Å². The molecule has 2 N–H and O–H groups in total. The number of nitrogens with two attached hydrogens (primary N) is 1. The number of methoxy groups -OCH3 is 1. The van der Waals surface area contributed by atoms with Crippen LogP contribution in [0.25, 0.3) is 0 Å². The van der Waals surface area contributed by atoms with E-state index < -0.39 is 0 Å². The van der Waals surface area contributed by atoms with E-state index in [0.29, 0.717) is 0 Å². The van der Waals surface area contributed by atoms with E-state index in [1.807, 2.05) is 13.2 Å². The zero-order valence-electron chi connectivity index (χ0n) is 11.6. The lowest BCUT2D eigenvalue weighted by molar-refractivity contribution is -0.0705. The molecule has 0 spiro atoms. The van der Waals surface area contributed by atoms with Crippen molar-refractivity contribution in [1.82, 2.24) is 0 Å². The highest BCUT2D eigenvalue weighted by Gasteiger charge is 2.40. The average Bonchev–Trinajstić information content (AvgIpc) is 2.39. The van der Waals surface area contributed by atoms with Crippen LogP contribution >= 0.6 is 0 Å². The Hall–Kier alpha value is -0.860. The third kappa shape index (κ3) is 2.93. The fraction of sp³-hybridized carbons (Fsp3) is 0.625. The summed E-state index contributed by atoms with van der Waals surface area (Å²) in [6.45, 7) is 2.31. The van der Waals surface area contributed by atoms with Crippen molar-refractivity contribution in [2.24, 2.45) is 11.7 Å². The Morgan fingerprint density at radius 2 is 2.11 bits per heavy atom. The quantitative estimate of drug-likeness (QED) is 0.887. The molecule has 3 atom stereocenters. The molecule has 1 aromatic carbocycles. The van der Waals surface area contributed by atoms with Crippen molar-refractivity contribution >= 4 is 0 Å². The average molecular weight is 247 g/mol.